The van der Waals surface area contributed by atoms with Crippen LogP contribution in [0.15, 0.2) is 0 Å². The van der Waals surface area contributed by atoms with Crippen molar-refractivity contribution in [1.82, 2.24) is 10.6 Å². The third kappa shape index (κ3) is 2.37. The van der Waals surface area contributed by atoms with Crippen LogP contribution in [-0.4, -0.2) is 29.2 Å². The topological polar surface area (TPSA) is 78.4 Å². The molecule has 0 heterocycles. The van der Waals surface area contributed by atoms with E-state index < -0.39 is 11.4 Å². The lowest BCUT2D eigenvalue weighted by Crippen LogP contribution is -2.53. The van der Waals surface area contributed by atoms with Gasteiger partial charge in [-0.15, -0.1) is 0 Å². The summed E-state index contributed by atoms with van der Waals surface area (Å²) >= 11 is 0. The van der Waals surface area contributed by atoms with Gasteiger partial charge in [-0.2, -0.15) is 0 Å². The Morgan fingerprint density at radius 1 is 1.18 bits per heavy atom. The fraction of sp³-hybridized carbons (Fsp3) is 0.833. The third-order valence-corrected chi connectivity index (χ3v) is 4.19. The van der Waals surface area contributed by atoms with Gasteiger partial charge in [0.05, 0.1) is 5.41 Å². The first-order valence-electron chi connectivity index (χ1n) is 6.33. The van der Waals surface area contributed by atoms with E-state index in [9.17, 15) is 14.7 Å². The maximum atomic E-state index is 11.7. The largest absolute Gasteiger partial charge is 0.481 e. The smallest absolute Gasteiger partial charge is 0.315 e. The molecule has 2 fully saturated rings. The Morgan fingerprint density at radius 2 is 1.88 bits per heavy atom. The number of nitrogens with one attached hydrogen (secondary N) is 2. The quantitative estimate of drug-likeness (QED) is 0.699. The monoisotopic (exact) mass is 240 g/mol. The Hall–Kier alpha value is -1.26. The minimum Gasteiger partial charge on any atom is -0.481 e. The molecule has 2 aliphatic rings. The molecule has 0 bridgehead atoms. The van der Waals surface area contributed by atoms with Crippen molar-refractivity contribution < 1.29 is 14.7 Å². The molecule has 17 heavy (non-hydrogen) atoms. The van der Waals surface area contributed by atoms with Gasteiger partial charge in [0.1, 0.15) is 0 Å². The van der Waals surface area contributed by atoms with Crippen LogP contribution < -0.4 is 10.6 Å². The first-order valence-corrected chi connectivity index (χ1v) is 6.33. The fourth-order valence-corrected chi connectivity index (χ4v) is 2.59. The van der Waals surface area contributed by atoms with Crippen molar-refractivity contribution in [2.75, 3.05) is 0 Å². The van der Waals surface area contributed by atoms with Crippen molar-refractivity contribution in [3.8, 4) is 0 Å². The molecule has 0 radical (unpaired) electrons. The predicted octanol–water partition coefficient (Wildman–Crippen LogP) is 1.48. The van der Waals surface area contributed by atoms with Crippen LogP contribution in [0.5, 0.6) is 0 Å². The maximum absolute atomic E-state index is 11.7. The average Bonchev–Trinajstić information content (AvgIpc) is 2.56. The van der Waals surface area contributed by atoms with E-state index in [1.54, 1.807) is 6.92 Å². The Kier molecular flexibility index (Phi) is 3.26. The molecule has 0 aromatic rings. The Labute approximate surface area is 101 Å². The molecular formula is C12H20N2O3. The highest BCUT2D eigenvalue weighted by Crippen LogP contribution is 2.38. The maximum Gasteiger partial charge on any atom is 0.315 e. The summed E-state index contributed by atoms with van der Waals surface area (Å²) in [5, 5.41) is 14.9. The second kappa shape index (κ2) is 4.55. The zero-order chi connectivity index (χ0) is 12.5. The first-order chi connectivity index (χ1) is 8.02. The van der Waals surface area contributed by atoms with Crippen LogP contribution in [0, 0.1) is 5.41 Å². The van der Waals surface area contributed by atoms with E-state index in [-0.39, 0.29) is 18.1 Å². The number of carboxylic acid groups (broad SMARTS) is 1. The molecule has 2 amide bonds. The normalized spacial score (nSPS) is 32.9. The highest BCUT2D eigenvalue weighted by atomic mass is 16.4. The van der Waals surface area contributed by atoms with Crippen molar-refractivity contribution in [3.63, 3.8) is 0 Å². The van der Waals surface area contributed by atoms with Crippen LogP contribution in [0.4, 0.5) is 4.79 Å². The van der Waals surface area contributed by atoms with Gasteiger partial charge in [-0.25, -0.2) is 4.79 Å². The van der Waals surface area contributed by atoms with E-state index in [1.807, 2.05) is 0 Å². The van der Waals surface area contributed by atoms with Crippen LogP contribution in [-0.2, 0) is 4.79 Å². The van der Waals surface area contributed by atoms with E-state index in [0.29, 0.717) is 6.42 Å². The molecule has 0 aromatic carbocycles. The minimum absolute atomic E-state index is 0.214. The number of rotatable bonds is 3. The minimum atomic E-state index is -0.816. The molecule has 0 aliphatic heterocycles. The van der Waals surface area contributed by atoms with E-state index in [4.69, 9.17) is 0 Å². The van der Waals surface area contributed by atoms with Crippen LogP contribution in [0.2, 0.25) is 0 Å². The number of hydrogen-bond donors (Lipinski definition) is 3. The molecular weight excluding hydrogens is 220 g/mol. The summed E-state index contributed by atoms with van der Waals surface area (Å²) < 4.78 is 0. The van der Waals surface area contributed by atoms with E-state index in [2.05, 4.69) is 10.6 Å². The lowest BCUT2D eigenvalue weighted by atomic mass is 9.85. The number of urea groups is 1. The molecule has 0 spiro atoms. The molecule has 2 rings (SSSR count). The van der Waals surface area contributed by atoms with Gasteiger partial charge in [0.2, 0.25) is 0 Å². The standard InChI is InChI=1S/C12H20N2O3/c1-12(10(15)16)7-3-6-9(12)14-11(17)13-8-4-2-5-8/h8-9H,2-7H2,1H3,(H,15,16)(H2,13,14,17). The molecule has 2 aliphatic carbocycles. The molecule has 5 heteroatoms. The molecule has 3 N–H and O–H groups in total. The van der Waals surface area contributed by atoms with Gasteiger partial charge in [-0.05, 0) is 39.0 Å². The van der Waals surface area contributed by atoms with Crippen LogP contribution in [0.3, 0.4) is 0 Å². The Balaban J connectivity index is 1.88. The number of carboxylic acids is 1. The zero-order valence-corrected chi connectivity index (χ0v) is 10.2. The van der Waals surface area contributed by atoms with Crippen molar-refractivity contribution >= 4 is 12.0 Å². The van der Waals surface area contributed by atoms with Gasteiger partial charge < -0.3 is 15.7 Å². The lowest BCUT2D eigenvalue weighted by molar-refractivity contribution is -0.148. The predicted molar refractivity (Wildman–Crippen MR) is 62.7 cm³/mol. The second-order valence-corrected chi connectivity index (χ2v) is 5.41. The molecule has 0 aromatic heterocycles. The first kappa shape index (κ1) is 12.2. The molecule has 0 saturated heterocycles. The highest BCUT2D eigenvalue weighted by molar-refractivity contribution is 5.79. The number of carbonyl (C=O) groups is 2. The van der Waals surface area contributed by atoms with Crippen molar-refractivity contribution in [3.05, 3.63) is 0 Å². The second-order valence-electron chi connectivity index (χ2n) is 5.41. The van der Waals surface area contributed by atoms with E-state index in [0.717, 1.165) is 25.7 Å². The average molecular weight is 240 g/mol. The van der Waals surface area contributed by atoms with Gasteiger partial charge in [-0.3, -0.25) is 4.79 Å². The van der Waals surface area contributed by atoms with E-state index >= 15 is 0 Å². The van der Waals surface area contributed by atoms with Crippen LogP contribution >= 0.6 is 0 Å². The van der Waals surface area contributed by atoms with Gasteiger partial charge in [0, 0.05) is 12.1 Å². The molecule has 2 unspecified atom stereocenters. The molecule has 2 saturated carbocycles. The van der Waals surface area contributed by atoms with Crippen molar-refractivity contribution in [2.24, 2.45) is 5.41 Å². The molecule has 5 nitrogen and oxygen atoms in total. The van der Waals surface area contributed by atoms with E-state index in [1.165, 1.54) is 6.42 Å². The SMILES string of the molecule is CC1(C(=O)O)CCCC1NC(=O)NC1CCC1. The van der Waals surface area contributed by atoms with Crippen LogP contribution in [0.1, 0.15) is 45.4 Å². The number of amides is 2. The van der Waals surface area contributed by atoms with Gasteiger partial charge in [0.15, 0.2) is 0 Å². The Bertz CT molecular complexity index is 328. The summed E-state index contributed by atoms with van der Waals surface area (Å²) in [5.41, 5.74) is -0.809. The highest BCUT2D eigenvalue weighted by Gasteiger charge is 2.46. The number of aliphatic carboxylic acids is 1. The van der Waals surface area contributed by atoms with Gasteiger partial charge in [-0.1, -0.05) is 6.42 Å². The fourth-order valence-electron chi connectivity index (χ4n) is 2.59. The zero-order valence-electron chi connectivity index (χ0n) is 10.2. The van der Waals surface area contributed by atoms with Crippen LogP contribution in [0.25, 0.3) is 0 Å². The summed E-state index contributed by atoms with van der Waals surface area (Å²) in [4.78, 5) is 22.9. The Morgan fingerprint density at radius 3 is 2.41 bits per heavy atom. The van der Waals surface area contributed by atoms with Gasteiger partial charge in [0.25, 0.3) is 0 Å². The van der Waals surface area contributed by atoms with Gasteiger partial charge >= 0.3 is 12.0 Å². The summed E-state index contributed by atoms with van der Waals surface area (Å²) in [6.07, 6.45) is 5.48. The summed E-state index contributed by atoms with van der Waals surface area (Å²) in [7, 11) is 0. The summed E-state index contributed by atoms with van der Waals surface area (Å²) in [5.74, 6) is -0.816. The number of carbonyl (C=O) groups excluding carboxylic acids is 1. The summed E-state index contributed by atoms with van der Waals surface area (Å²) in [6.45, 7) is 1.72. The number of hydrogen-bond acceptors (Lipinski definition) is 2. The third-order valence-electron chi connectivity index (χ3n) is 4.19. The lowest BCUT2D eigenvalue weighted by Gasteiger charge is -2.31. The molecule has 2 atom stereocenters. The summed E-state index contributed by atoms with van der Waals surface area (Å²) in [6, 6.07) is -0.179. The van der Waals surface area contributed by atoms with Crippen molar-refractivity contribution in [2.45, 2.75) is 57.5 Å². The molecule has 96 valence electrons. The van der Waals surface area contributed by atoms with Crippen molar-refractivity contribution in [1.29, 1.82) is 0 Å².